The number of amides is 1. The zero-order valence-electron chi connectivity index (χ0n) is 14.6. The Bertz CT molecular complexity index is 959. The Morgan fingerprint density at radius 2 is 2.04 bits per heavy atom. The maximum Gasteiger partial charge on any atom is 0.244 e. The van der Waals surface area contributed by atoms with Crippen molar-refractivity contribution in [3.05, 3.63) is 64.9 Å². The molecule has 0 fully saturated rings. The number of aryl methyl sites for hydroxylation is 1. The predicted octanol–water partition coefficient (Wildman–Crippen LogP) is 4.31. The highest BCUT2D eigenvalue weighted by Gasteiger charge is 2.27. The fourth-order valence-electron chi connectivity index (χ4n) is 2.36. The number of benzene rings is 1. The zero-order valence-corrected chi connectivity index (χ0v) is 15.4. The quantitative estimate of drug-likeness (QED) is 0.679. The molecule has 0 bridgehead atoms. The molecule has 1 N–H and O–H groups in total. The van der Waals surface area contributed by atoms with Gasteiger partial charge in [0.2, 0.25) is 11.8 Å². The lowest BCUT2D eigenvalue weighted by atomic mass is 10.1. The lowest BCUT2D eigenvalue weighted by Crippen LogP contribution is -2.41. The monoisotopic (exact) mass is 371 g/mol. The Morgan fingerprint density at radius 1 is 1.27 bits per heavy atom. The summed E-state index contributed by atoms with van der Waals surface area (Å²) in [7, 11) is 0. The van der Waals surface area contributed by atoms with Crippen molar-refractivity contribution in [2.45, 2.75) is 26.3 Å². The van der Waals surface area contributed by atoms with Crippen molar-refractivity contribution in [1.82, 2.24) is 15.5 Å². The summed E-state index contributed by atoms with van der Waals surface area (Å²) in [5, 5.41) is 6.68. The molecule has 2 aromatic heterocycles. The summed E-state index contributed by atoms with van der Waals surface area (Å²) in [6.07, 6.45) is 3.13. The van der Waals surface area contributed by atoms with Crippen molar-refractivity contribution in [3.8, 4) is 10.4 Å². The third-order valence-corrected chi connectivity index (χ3v) is 4.77. The second-order valence-corrected chi connectivity index (χ2v) is 7.38. The van der Waals surface area contributed by atoms with Crippen molar-refractivity contribution in [2.75, 3.05) is 0 Å². The molecular formula is C19H18FN3O2S. The van der Waals surface area contributed by atoms with Gasteiger partial charge in [0.05, 0.1) is 5.54 Å². The van der Waals surface area contributed by atoms with Crippen LogP contribution in [0.1, 0.15) is 30.4 Å². The fourth-order valence-corrected chi connectivity index (χ4v) is 3.30. The number of nitrogens with one attached hydrogen (secondary N) is 1. The molecule has 0 saturated heterocycles. The normalized spacial score (nSPS) is 11.8. The van der Waals surface area contributed by atoms with Crippen LogP contribution in [-0.4, -0.2) is 16.0 Å². The van der Waals surface area contributed by atoms with E-state index in [2.05, 4.69) is 15.5 Å². The molecule has 0 atom stereocenters. The SMILES string of the molecule is Cc1nc(C(C)(C)NC(=O)/C=C/c2ccc(-c3ccccc3F)s2)no1. The minimum absolute atomic E-state index is 0.264. The van der Waals surface area contributed by atoms with Crippen LogP contribution in [0.15, 0.2) is 47.0 Å². The zero-order chi connectivity index (χ0) is 18.7. The molecule has 3 aromatic rings. The molecule has 0 saturated carbocycles. The Labute approximate surface area is 154 Å². The molecule has 0 aliphatic carbocycles. The summed E-state index contributed by atoms with van der Waals surface area (Å²) in [5.41, 5.74) is -0.206. The topological polar surface area (TPSA) is 68.0 Å². The Balaban J connectivity index is 1.68. The van der Waals surface area contributed by atoms with Crippen LogP contribution in [0.3, 0.4) is 0 Å². The number of rotatable bonds is 5. The van der Waals surface area contributed by atoms with Gasteiger partial charge in [-0.2, -0.15) is 4.98 Å². The van der Waals surface area contributed by atoms with Crippen LogP contribution in [0.4, 0.5) is 4.39 Å². The predicted molar refractivity (Wildman–Crippen MR) is 99.0 cm³/mol. The smallest absolute Gasteiger partial charge is 0.244 e. The largest absolute Gasteiger partial charge is 0.340 e. The van der Waals surface area contributed by atoms with Gasteiger partial charge in [-0.15, -0.1) is 11.3 Å². The van der Waals surface area contributed by atoms with Gasteiger partial charge in [0.25, 0.3) is 0 Å². The first-order chi connectivity index (χ1) is 12.3. The molecule has 0 aliphatic rings. The van der Waals surface area contributed by atoms with Gasteiger partial charge in [0.15, 0.2) is 5.82 Å². The van der Waals surface area contributed by atoms with Gasteiger partial charge in [-0.05, 0) is 38.1 Å². The van der Waals surface area contributed by atoms with E-state index < -0.39 is 5.54 Å². The van der Waals surface area contributed by atoms with E-state index in [1.165, 1.54) is 23.5 Å². The number of carbonyl (C=O) groups excluding carboxylic acids is 1. The maximum atomic E-state index is 13.9. The molecule has 1 amide bonds. The van der Waals surface area contributed by atoms with Gasteiger partial charge in [-0.1, -0.05) is 23.4 Å². The van der Waals surface area contributed by atoms with Crippen molar-refractivity contribution < 1.29 is 13.7 Å². The molecule has 0 aliphatic heterocycles. The van der Waals surface area contributed by atoms with E-state index in [4.69, 9.17) is 4.52 Å². The van der Waals surface area contributed by atoms with Gasteiger partial charge >= 0.3 is 0 Å². The van der Waals surface area contributed by atoms with E-state index in [1.807, 2.05) is 12.1 Å². The molecule has 1 aromatic carbocycles. The van der Waals surface area contributed by atoms with E-state index in [-0.39, 0.29) is 11.7 Å². The maximum absolute atomic E-state index is 13.9. The number of halogens is 1. The molecule has 26 heavy (non-hydrogen) atoms. The Kier molecular flexibility index (Phi) is 4.99. The second-order valence-electron chi connectivity index (χ2n) is 6.27. The van der Waals surface area contributed by atoms with E-state index in [9.17, 15) is 9.18 Å². The molecule has 0 spiro atoms. The van der Waals surface area contributed by atoms with Gasteiger partial charge in [-0.25, -0.2) is 4.39 Å². The number of aromatic nitrogens is 2. The van der Waals surface area contributed by atoms with Gasteiger partial charge in [0, 0.05) is 28.3 Å². The van der Waals surface area contributed by atoms with E-state index in [0.717, 1.165) is 9.75 Å². The minimum atomic E-state index is -0.757. The molecule has 3 rings (SSSR count). The van der Waals surface area contributed by atoms with Crippen LogP contribution in [0.5, 0.6) is 0 Å². The number of nitrogens with zero attached hydrogens (tertiary/aromatic N) is 2. The van der Waals surface area contributed by atoms with Gasteiger partial charge in [-0.3, -0.25) is 4.79 Å². The molecule has 0 radical (unpaired) electrons. The van der Waals surface area contributed by atoms with E-state index in [1.54, 1.807) is 45.0 Å². The van der Waals surface area contributed by atoms with E-state index in [0.29, 0.717) is 17.3 Å². The van der Waals surface area contributed by atoms with Crippen LogP contribution < -0.4 is 5.32 Å². The highest BCUT2D eigenvalue weighted by Crippen LogP contribution is 2.30. The average molecular weight is 371 g/mol. The molecule has 2 heterocycles. The molecular weight excluding hydrogens is 353 g/mol. The van der Waals surface area contributed by atoms with Crippen molar-refractivity contribution in [2.24, 2.45) is 0 Å². The number of carbonyl (C=O) groups is 1. The summed E-state index contributed by atoms with van der Waals surface area (Å²) in [4.78, 5) is 18.0. The molecule has 7 heteroatoms. The highest BCUT2D eigenvalue weighted by molar-refractivity contribution is 7.16. The molecule has 134 valence electrons. The van der Waals surface area contributed by atoms with Crippen LogP contribution >= 0.6 is 11.3 Å². The standard InChI is InChI=1S/C19H18FN3O2S/c1-12-21-18(23-25-12)19(2,3)22-17(24)11-9-13-8-10-16(26-13)14-6-4-5-7-15(14)20/h4-11H,1-3H3,(H,22,24)/b11-9+. The first kappa shape index (κ1) is 18.0. The molecule has 0 unspecified atom stereocenters. The third kappa shape index (κ3) is 4.05. The second kappa shape index (κ2) is 7.21. The molecule has 5 nitrogen and oxygen atoms in total. The summed E-state index contributed by atoms with van der Waals surface area (Å²) < 4.78 is 18.8. The lowest BCUT2D eigenvalue weighted by molar-refractivity contribution is -0.118. The first-order valence-corrected chi connectivity index (χ1v) is 8.82. The van der Waals surface area contributed by atoms with E-state index >= 15 is 0 Å². The fraction of sp³-hybridized carbons (Fsp3) is 0.211. The Morgan fingerprint density at radius 3 is 2.73 bits per heavy atom. The first-order valence-electron chi connectivity index (χ1n) is 8.01. The van der Waals surface area contributed by atoms with Crippen molar-refractivity contribution in [3.63, 3.8) is 0 Å². The lowest BCUT2D eigenvalue weighted by Gasteiger charge is -2.21. The van der Waals surface area contributed by atoms with Crippen LogP contribution in [0.2, 0.25) is 0 Å². The van der Waals surface area contributed by atoms with Crippen LogP contribution in [0, 0.1) is 12.7 Å². The highest BCUT2D eigenvalue weighted by atomic mass is 32.1. The summed E-state index contributed by atoms with van der Waals surface area (Å²) in [6.45, 7) is 5.28. The van der Waals surface area contributed by atoms with Crippen molar-refractivity contribution >= 4 is 23.3 Å². The van der Waals surface area contributed by atoms with Crippen LogP contribution in [-0.2, 0) is 10.3 Å². The number of hydrogen-bond acceptors (Lipinski definition) is 5. The van der Waals surface area contributed by atoms with Gasteiger partial charge in [0.1, 0.15) is 5.82 Å². The summed E-state index contributed by atoms with van der Waals surface area (Å²) in [5.74, 6) is 0.310. The minimum Gasteiger partial charge on any atom is -0.340 e. The number of thiophene rings is 1. The summed E-state index contributed by atoms with van der Waals surface area (Å²) >= 11 is 1.41. The summed E-state index contributed by atoms with van der Waals surface area (Å²) in [6, 6.07) is 10.3. The van der Waals surface area contributed by atoms with Crippen molar-refractivity contribution in [1.29, 1.82) is 0 Å². The number of hydrogen-bond donors (Lipinski definition) is 1. The van der Waals surface area contributed by atoms with Crippen LogP contribution in [0.25, 0.3) is 16.5 Å². The average Bonchev–Trinajstić information content (AvgIpc) is 3.22. The Hall–Kier alpha value is -2.80. The van der Waals surface area contributed by atoms with Gasteiger partial charge < -0.3 is 9.84 Å². The third-order valence-electron chi connectivity index (χ3n) is 3.69.